The van der Waals surface area contributed by atoms with Crippen LogP contribution in [0.25, 0.3) is 0 Å². The molecule has 0 bridgehead atoms. The van der Waals surface area contributed by atoms with E-state index in [-0.39, 0.29) is 24.0 Å². The molecule has 1 unspecified atom stereocenters. The van der Waals surface area contributed by atoms with Crippen LogP contribution in [0.3, 0.4) is 0 Å². The van der Waals surface area contributed by atoms with E-state index in [1.54, 1.807) is 7.11 Å². The van der Waals surface area contributed by atoms with E-state index in [2.05, 4.69) is 5.32 Å². The molecular formula is C12H21NO4. The average molecular weight is 243 g/mol. The van der Waals surface area contributed by atoms with Crippen molar-refractivity contribution in [1.29, 1.82) is 0 Å². The number of carboxylic acid groups (broad SMARTS) is 1. The lowest BCUT2D eigenvalue weighted by Crippen LogP contribution is -2.33. The van der Waals surface area contributed by atoms with Crippen molar-refractivity contribution in [2.24, 2.45) is 5.92 Å². The monoisotopic (exact) mass is 243 g/mol. The van der Waals surface area contributed by atoms with Gasteiger partial charge in [-0.2, -0.15) is 0 Å². The van der Waals surface area contributed by atoms with Gasteiger partial charge in [0.1, 0.15) is 0 Å². The number of nitrogens with one attached hydrogen (secondary N) is 1. The average Bonchev–Trinajstić information content (AvgIpc) is 2.74. The molecule has 1 saturated carbocycles. The highest BCUT2D eigenvalue weighted by atomic mass is 16.5. The summed E-state index contributed by atoms with van der Waals surface area (Å²) < 4.78 is 5.06. The molecule has 1 aliphatic carbocycles. The molecule has 0 aromatic carbocycles. The number of carboxylic acids is 1. The Labute approximate surface area is 102 Å². The zero-order chi connectivity index (χ0) is 12.8. The third-order valence-corrected chi connectivity index (χ3v) is 3.33. The van der Waals surface area contributed by atoms with Crippen molar-refractivity contribution < 1.29 is 19.4 Å². The maximum atomic E-state index is 11.6. The van der Waals surface area contributed by atoms with Gasteiger partial charge in [0.2, 0.25) is 5.91 Å². The highest BCUT2D eigenvalue weighted by molar-refractivity contribution is 5.76. The highest BCUT2D eigenvalue weighted by Gasteiger charge is 2.30. The molecule has 0 heterocycles. The second-order valence-corrected chi connectivity index (χ2v) is 4.70. The van der Waals surface area contributed by atoms with Crippen molar-refractivity contribution in [1.82, 2.24) is 5.32 Å². The SMILES string of the molecule is COC(C)CCC(=O)N[C@@H]1CC[C@H](C(=O)O)C1. The predicted molar refractivity (Wildman–Crippen MR) is 62.6 cm³/mol. The van der Waals surface area contributed by atoms with Gasteiger partial charge in [-0.05, 0) is 32.6 Å². The molecule has 0 spiro atoms. The summed E-state index contributed by atoms with van der Waals surface area (Å²) in [6.07, 6.45) is 3.19. The Morgan fingerprint density at radius 2 is 2.18 bits per heavy atom. The van der Waals surface area contributed by atoms with E-state index >= 15 is 0 Å². The van der Waals surface area contributed by atoms with Crippen LogP contribution in [0.4, 0.5) is 0 Å². The molecule has 5 nitrogen and oxygen atoms in total. The first-order valence-corrected chi connectivity index (χ1v) is 6.08. The van der Waals surface area contributed by atoms with Crippen LogP contribution in [0.5, 0.6) is 0 Å². The molecular weight excluding hydrogens is 222 g/mol. The zero-order valence-electron chi connectivity index (χ0n) is 10.4. The molecule has 5 heteroatoms. The van der Waals surface area contributed by atoms with Crippen LogP contribution in [-0.2, 0) is 14.3 Å². The van der Waals surface area contributed by atoms with Crippen LogP contribution in [0.15, 0.2) is 0 Å². The molecule has 98 valence electrons. The van der Waals surface area contributed by atoms with Crippen molar-refractivity contribution in [3.05, 3.63) is 0 Å². The second-order valence-electron chi connectivity index (χ2n) is 4.70. The van der Waals surface area contributed by atoms with Gasteiger partial charge in [0, 0.05) is 19.6 Å². The van der Waals surface area contributed by atoms with Crippen molar-refractivity contribution in [3.8, 4) is 0 Å². The van der Waals surface area contributed by atoms with Gasteiger partial charge >= 0.3 is 5.97 Å². The Bertz CT molecular complexity index is 280. The number of methoxy groups -OCH3 is 1. The normalized spacial score (nSPS) is 25.5. The maximum absolute atomic E-state index is 11.6. The van der Waals surface area contributed by atoms with Gasteiger partial charge in [0.25, 0.3) is 0 Å². The van der Waals surface area contributed by atoms with Gasteiger partial charge in [-0.15, -0.1) is 0 Å². The molecule has 1 aliphatic rings. The summed E-state index contributed by atoms with van der Waals surface area (Å²) in [5, 5.41) is 11.7. The van der Waals surface area contributed by atoms with Crippen molar-refractivity contribution in [2.45, 2.75) is 51.2 Å². The fraction of sp³-hybridized carbons (Fsp3) is 0.833. The molecule has 2 N–H and O–H groups in total. The minimum Gasteiger partial charge on any atom is -0.481 e. The molecule has 1 fully saturated rings. The lowest BCUT2D eigenvalue weighted by atomic mass is 10.1. The van der Waals surface area contributed by atoms with E-state index in [1.165, 1.54) is 0 Å². The number of aliphatic carboxylic acids is 1. The Morgan fingerprint density at radius 1 is 1.47 bits per heavy atom. The second kappa shape index (κ2) is 6.59. The summed E-state index contributed by atoms with van der Waals surface area (Å²) >= 11 is 0. The number of hydrogen-bond acceptors (Lipinski definition) is 3. The van der Waals surface area contributed by atoms with Crippen LogP contribution in [0.1, 0.15) is 39.0 Å². The van der Waals surface area contributed by atoms with Crippen LogP contribution in [-0.4, -0.2) is 36.2 Å². The molecule has 1 amide bonds. The summed E-state index contributed by atoms with van der Waals surface area (Å²) in [6.45, 7) is 1.92. The topological polar surface area (TPSA) is 75.6 Å². The Morgan fingerprint density at radius 3 is 2.71 bits per heavy atom. The smallest absolute Gasteiger partial charge is 0.306 e. The van der Waals surface area contributed by atoms with Gasteiger partial charge < -0.3 is 15.2 Å². The highest BCUT2D eigenvalue weighted by Crippen LogP contribution is 2.25. The number of carbonyl (C=O) groups excluding carboxylic acids is 1. The Balaban J connectivity index is 2.22. The summed E-state index contributed by atoms with van der Waals surface area (Å²) in [7, 11) is 1.62. The standard InChI is InChI=1S/C12H21NO4/c1-8(17-2)3-6-11(14)13-10-5-4-9(7-10)12(15)16/h8-10H,3-7H2,1-2H3,(H,13,14)(H,15,16)/t8?,9-,10+/m0/s1. The van der Waals surface area contributed by atoms with Crippen molar-refractivity contribution in [3.63, 3.8) is 0 Å². The van der Waals surface area contributed by atoms with Gasteiger partial charge in [-0.3, -0.25) is 9.59 Å². The fourth-order valence-electron chi connectivity index (χ4n) is 2.09. The number of rotatable bonds is 6. The van der Waals surface area contributed by atoms with Crippen molar-refractivity contribution >= 4 is 11.9 Å². The fourth-order valence-corrected chi connectivity index (χ4v) is 2.09. The lowest BCUT2D eigenvalue weighted by molar-refractivity contribution is -0.141. The minimum atomic E-state index is -0.755. The predicted octanol–water partition coefficient (Wildman–Crippen LogP) is 1.17. The van der Waals surface area contributed by atoms with Gasteiger partial charge in [-0.1, -0.05) is 0 Å². The summed E-state index contributed by atoms with van der Waals surface area (Å²) in [6, 6.07) is 0.0291. The first-order chi connectivity index (χ1) is 8.02. The van der Waals surface area contributed by atoms with Gasteiger partial charge in [-0.25, -0.2) is 0 Å². The summed E-state index contributed by atoms with van der Waals surface area (Å²) in [5.74, 6) is -1.06. The van der Waals surface area contributed by atoms with Crippen LogP contribution < -0.4 is 5.32 Å². The molecule has 17 heavy (non-hydrogen) atoms. The third kappa shape index (κ3) is 4.73. The lowest BCUT2D eigenvalue weighted by Gasteiger charge is -2.13. The van der Waals surface area contributed by atoms with E-state index in [0.29, 0.717) is 25.7 Å². The largest absolute Gasteiger partial charge is 0.481 e. The van der Waals surface area contributed by atoms with E-state index < -0.39 is 5.97 Å². The van der Waals surface area contributed by atoms with E-state index in [9.17, 15) is 9.59 Å². The minimum absolute atomic E-state index is 0.00932. The Hall–Kier alpha value is -1.10. The molecule has 0 aliphatic heterocycles. The number of hydrogen-bond donors (Lipinski definition) is 2. The quantitative estimate of drug-likeness (QED) is 0.734. The third-order valence-electron chi connectivity index (χ3n) is 3.33. The number of amides is 1. The van der Waals surface area contributed by atoms with Crippen LogP contribution >= 0.6 is 0 Å². The summed E-state index contributed by atoms with van der Waals surface area (Å²) in [4.78, 5) is 22.3. The number of carbonyl (C=O) groups is 2. The van der Waals surface area contributed by atoms with Gasteiger partial charge in [0.05, 0.1) is 12.0 Å². The van der Waals surface area contributed by atoms with Gasteiger partial charge in [0.15, 0.2) is 0 Å². The molecule has 0 saturated heterocycles. The summed E-state index contributed by atoms with van der Waals surface area (Å²) in [5.41, 5.74) is 0. The van der Waals surface area contributed by atoms with Crippen molar-refractivity contribution in [2.75, 3.05) is 7.11 Å². The number of ether oxygens (including phenoxy) is 1. The van der Waals surface area contributed by atoms with Crippen LogP contribution in [0.2, 0.25) is 0 Å². The van der Waals surface area contributed by atoms with E-state index in [1.807, 2.05) is 6.92 Å². The van der Waals surface area contributed by atoms with Crippen LogP contribution in [0, 0.1) is 5.92 Å². The molecule has 0 aromatic rings. The molecule has 0 aromatic heterocycles. The van der Waals surface area contributed by atoms with E-state index in [4.69, 9.17) is 9.84 Å². The molecule has 1 rings (SSSR count). The Kier molecular flexibility index (Phi) is 5.41. The molecule has 0 radical (unpaired) electrons. The van der Waals surface area contributed by atoms with E-state index in [0.717, 1.165) is 6.42 Å². The maximum Gasteiger partial charge on any atom is 0.306 e. The first kappa shape index (κ1) is 14.0. The molecule has 3 atom stereocenters. The zero-order valence-corrected chi connectivity index (χ0v) is 10.4. The first-order valence-electron chi connectivity index (χ1n) is 6.08.